The van der Waals surface area contributed by atoms with Crippen molar-refractivity contribution < 1.29 is 14.6 Å². The van der Waals surface area contributed by atoms with Crippen LogP contribution in [0.5, 0.6) is 0 Å². The van der Waals surface area contributed by atoms with Crippen LogP contribution >= 0.6 is 0 Å². The summed E-state index contributed by atoms with van der Waals surface area (Å²) in [7, 11) is 0. The number of hydrogen-bond donors (Lipinski definition) is 1. The van der Waals surface area contributed by atoms with Gasteiger partial charge in [0.2, 0.25) is 0 Å². The Balaban J connectivity index is 1.81. The molecule has 138 valence electrons. The van der Waals surface area contributed by atoms with Gasteiger partial charge in [0.15, 0.2) is 6.29 Å². The first-order chi connectivity index (χ1) is 13.3. The van der Waals surface area contributed by atoms with E-state index in [0.717, 1.165) is 23.1 Å². The van der Waals surface area contributed by atoms with Crippen LogP contribution in [-0.2, 0) is 15.1 Å². The largest absolute Gasteiger partial charge is 0.368 e. The smallest absolute Gasteiger partial charge is 0.155 e. The summed E-state index contributed by atoms with van der Waals surface area (Å²) in [5.41, 5.74) is 2.48. The van der Waals surface area contributed by atoms with Crippen molar-refractivity contribution in [2.45, 2.75) is 30.8 Å². The SMILES string of the molecule is O[C@@H]1CC[C@H](COC(c2ccccc2)(c2ccccc2)c2ccccc2)O1. The van der Waals surface area contributed by atoms with E-state index >= 15 is 0 Å². The fourth-order valence-electron chi connectivity index (χ4n) is 3.80. The summed E-state index contributed by atoms with van der Waals surface area (Å²) in [5, 5.41) is 9.70. The van der Waals surface area contributed by atoms with Crippen LogP contribution in [0.1, 0.15) is 29.5 Å². The molecule has 1 N–H and O–H groups in total. The molecule has 0 aromatic heterocycles. The molecule has 0 amide bonds. The maximum atomic E-state index is 9.70. The van der Waals surface area contributed by atoms with E-state index in [1.54, 1.807) is 0 Å². The molecule has 4 rings (SSSR count). The van der Waals surface area contributed by atoms with E-state index in [9.17, 15) is 5.11 Å². The molecule has 3 aromatic carbocycles. The molecule has 3 heteroatoms. The van der Waals surface area contributed by atoms with E-state index < -0.39 is 11.9 Å². The minimum Gasteiger partial charge on any atom is -0.368 e. The molecule has 1 aliphatic rings. The van der Waals surface area contributed by atoms with Gasteiger partial charge in [-0.2, -0.15) is 0 Å². The molecule has 0 saturated carbocycles. The lowest BCUT2D eigenvalue weighted by Gasteiger charge is -2.36. The zero-order valence-electron chi connectivity index (χ0n) is 15.2. The summed E-state index contributed by atoms with van der Waals surface area (Å²) in [5.74, 6) is 0. The lowest BCUT2D eigenvalue weighted by atomic mass is 9.80. The summed E-state index contributed by atoms with van der Waals surface area (Å²) in [4.78, 5) is 0. The van der Waals surface area contributed by atoms with Gasteiger partial charge < -0.3 is 14.6 Å². The molecule has 0 spiro atoms. The number of rotatable bonds is 6. The second kappa shape index (κ2) is 8.05. The molecule has 0 aliphatic carbocycles. The summed E-state index contributed by atoms with van der Waals surface area (Å²) in [6.07, 6.45) is 0.673. The Bertz CT molecular complexity index is 737. The molecule has 0 radical (unpaired) electrons. The summed E-state index contributed by atoms with van der Waals surface area (Å²) in [6, 6.07) is 30.9. The van der Waals surface area contributed by atoms with E-state index in [2.05, 4.69) is 36.4 Å². The summed E-state index contributed by atoms with van der Waals surface area (Å²) in [6.45, 7) is 0.412. The Morgan fingerprint density at radius 2 is 1.19 bits per heavy atom. The van der Waals surface area contributed by atoms with E-state index in [0.29, 0.717) is 13.0 Å². The highest BCUT2D eigenvalue weighted by Crippen LogP contribution is 2.41. The number of hydrogen-bond acceptors (Lipinski definition) is 3. The zero-order valence-corrected chi connectivity index (χ0v) is 15.2. The van der Waals surface area contributed by atoms with Gasteiger partial charge in [0.1, 0.15) is 5.60 Å². The predicted octanol–water partition coefficient (Wildman–Crippen LogP) is 4.49. The molecule has 3 nitrogen and oxygen atoms in total. The van der Waals surface area contributed by atoms with Gasteiger partial charge in [0.25, 0.3) is 0 Å². The van der Waals surface area contributed by atoms with Crippen LogP contribution in [-0.4, -0.2) is 24.1 Å². The highest BCUT2D eigenvalue weighted by atomic mass is 16.6. The van der Waals surface area contributed by atoms with Gasteiger partial charge in [0, 0.05) is 6.42 Å². The molecule has 3 aromatic rings. The zero-order chi connectivity index (χ0) is 18.5. The molecule has 0 bridgehead atoms. The van der Waals surface area contributed by atoms with Crippen LogP contribution in [0.3, 0.4) is 0 Å². The fraction of sp³-hybridized carbons (Fsp3) is 0.250. The Labute approximate surface area is 160 Å². The minimum absolute atomic E-state index is 0.101. The third kappa shape index (κ3) is 3.67. The third-order valence-electron chi connectivity index (χ3n) is 5.11. The van der Waals surface area contributed by atoms with Crippen LogP contribution in [0.2, 0.25) is 0 Å². The van der Waals surface area contributed by atoms with Crippen molar-refractivity contribution in [1.29, 1.82) is 0 Å². The quantitative estimate of drug-likeness (QED) is 0.658. The van der Waals surface area contributed by atoms with Crippen molar-refractivity contribution >= 4 is 0 Å². The molecular formula is C24H24O3. The Morgan fingerprint density at radius 1 is 0.741 bits per heavy atom. The molecule has 27 heavy (non-hydrogen) atoms. The Hall–Kier alpha value is -2.46. The highest BCUT2D eigenvalue weighted by Gasteiger charge is 2.38. The van der Waals surface area contributed by atoms with Crippen LogP contribution in [0.25, 0.3) is 0 Å². The number of ether oxygens (including phenoxy) is 2. The van der Waals surface area contributed by atoms with Gasteiger partial charge in [-0.05, 0) is 23.1 Å². The van der Waals surface area contributed by atoms with Crippen LogP contribution in [0.4, 0.5) is 0 Å². The van der Waals surface area contributed by atoms with Crippen LogP contribution in [0, 0.1) is 0 Å². The van der Waals surface area contributed by atoms with Crippen molar-refractivity contribution in [1.82, 2.24) is 0 Å². The second-order valence-corrected chi connectivity index (χ2v) is 6.88. The molecule has 1 aliphatic heterocycles. The standard InChI is InChI=1S/C24H24O3/c25-23-17-16-22(27-23)18-26-24(19-10-4-1-5-11-19,20-12-6-2-7-13-20)21-14-8-3-9-15-21/h1-15,22-23,25H,16-18H2/t22-,23+/m1/s1. The molecule has 2 atom stereocenters. The van der Waals surface area contributed by atoms with Gasteiger partial charge in [0.05, 0.1) is 12.7 Å². The third-order valence-corrected chi connectivity index (χ3v) is 5.11. The first-order valence-corrected chi connectivity index (χ1v) is 9.43. The molecular weight excluding hydrogens is 336 g/mol. The maximum Gasteiger partial charge on any atom is 0.155 e. The average molecular weight is 360 g/mol. The molecule has 1 heterocycles. The summed E-state index contributed by atoms with van der Waals surface area (Å²) < 4.78 is 12.3. The predicted molar refractivity (Wildman–Crippen MR) is 105 cm³/mol. The monoisotopic (exact) mass is 360 g/mol. The van der Waals surface area contributed by atoms with E-state index in [4.69, 9.17) is 9.47 Å². The van der Waals surface area contributed by atoms with Crippen molar-refractivity contribution in [2.24, 2.45) is 0 Å². The van der Waals surface area contributed by atoms with Gasteiger partial charge in [-0.15, -0.1) is 0 Å². The number of aliphatic hydroxyl groups excluding tert-OH is 1. The van der Waals surface area contributed by atoms with Crippen molar-refractivity contribution in [2.75, 3.05) is 6.61 Å². The maximum absolute atomic E-state index is 9.70. The first-order valence-electron chi connectivity index (χ1n) is 9.43. The van der Waals surface area contributed by atoms with E-state index in [-0.39, 0.29) is 6.10 Å². The van der Waals surface area contributed by atoms with Gasteiger partial charge in [-0.3, -0.25) is 0 Å². The van der Waals surface area contributed by atoms with Gasteiger partial charge in [-0.25, -0.2) is 0 Å². The number of benzene rings is 3. The van der Waals surface area contributed by atoms with Gasteiger partial charge >= 0.3 is 0 Å². The van der Waals surface area contributed by atoms with Crippen molar-refractivity contribution in [3.8, 4) is 0 Å². The fourth-order valence-corrected chi connectivity index (χ4v) is 3.80. The normalized spacial score (nSPS) is 19.9. The topological polar surface area (TPSA) is 38.7 Å². The van der Waals surface area contributed by atoms with Crippen molar-refractivity contribution in [3.05, 3.63) is 108 Å². The lowest BCUT2D eigenvalue weighted by Crippen LogP contribution is -2.35. The molecule has 1 fully saturated rings. The second-order valence-electron chi connectivity index (χ2n) is 6.88. The lowest BCUT2D eigenvalue weighted by molar-refractivity contribution is -0.122. The molecule has 0 unspecified atom stereocenters. The van der Waals surface area contributed by atoms with Gasteiger partial charge in [-0.1, -0.05) is 91.0 Å². The number of aliphatic hydroxyl groups is 1. The van der Waals surface area contributed by atoms with Crippen LogP contribution < -0.4 is 0 Å². The highest BCUT2D eigenvalue weighted by molar-refractivity contribution is 5.47. The van der Waals surface area contributed by atoms with Crippen molar-refractivity contribution in [3.63, 3.8) is 0 Å². The Kier molecular flexibility index (Phi) is 5.35. The Morgan fingerprint density at radius 3 is 1.56 bits per heavy atom. The molecule has 1 saturated heterocycles. The summed E-state index contributed by atoms with van der Waals surface area (Å²) >= 11 is 0. The van der Waals surface area contributed by atoms with Crippen LogP contribution in [0.15, 0.2) is 91.0 Å². The average Bonchev–Trinajstić information content (AvgIpc) is 3.16. The first kappa shape index (κ1) is 17.9. The van der Waals surface area contributed by atoms with E-state index in [1.165, 1.54) is 0 Å². The minimum atomic E-state index is -0.735. The van der Waals surface area contributed by atoms with E-state index in [1.807, 2.05) is 54.6 Å².